The molecular weight excluding hydrogens is 352 g/mol. The summed E-state index contributed by atoms with van der Waals surface area (Å²) in [5.74, 6) is 0.0687. The Bertz CT molecular complexity index is 820. The molecule has 0 radical (unpaired) electrons. The van der Waals surface area contributed by atoms with Gasteiger partial charge in [0.2, 0.25) is 11.8 Å². The van der Waals surface area contributed by atoms with Gasteiger partial charge in [0.1, 0.15) is 0 Å². The number of carbonyl (C=O) groups is 2. The topological polar surface area (TPSA) is 96.3 Å². The summed E-state index contributed by atoms with van der Waals surface area (Å²) < 4.78 is 5.43. The van der Waals surface area contributed by atoms with Crippen LogP contribution in [0.1, 0.15) is 36.5 Å². The second kappa shape index (κ2) is 7.13. The quantitative estimate of drug-likeness (QED) is 0.746. The Labute approximate surface area is 155 Å². The van der Waals surface area contributed by atoms with Crippen molar-refractivity contribution in [1.82, 2.24) is 15.6 Å². The third-order valence-corrected chi connectivity index (χ3v) is 5.59. The number of aromatic nitrogens is 1. The summed E-state index contributed by atoms with van der Waals surface area (Å²) >= 11 is 1.33. The van der Waals surface area contributed by atoms with Gasteiger partial charge in [0.15, 0.2) is 0 Å². The lowest BCUT2D eigenvalue weighted by Gasteiger charge is -2.21. The SMILES string of the molecule is CC(=O)Nc1cnc(Sc2ccc(C(=O)N[C@@H]3C[C@H]4CC[C@@H]3N4)cc2)o1. The molecule has 2 bridgehead atoms. The Balaban J connectivity index is 1.35. The first kappa shape index (κ1) is 17.1. The number of nitrogens with one attached hydrogen (secondary N) is 3. The highest BCUT2D eigenvalue weighted by atomic mass is 32.2. The molecule has 26 heavy (non-hydrogen) atoms. The van der Waals surface area contributed by atoms with E-state index in [1.165, 1.54) is 31.3 Å². The highest BCUT2D eigenvalue weighted by molar-refractivity contribution is 7.99. The fourth-order valence-electron chi connectivity index (χ4n) is 3.55. The van der Waals surface area contributed by atoms with Gasteiger partial charge in [-0.3, -0.25) is 14.9 Å². The molecule has 7 nitrogen and oxygen atoms in total. The number of nitrogens with zero attached hydrogens (tertiary/aromatic N) is 1. The Kier molecular flexibility index (Phi) is 4.69. The van der Waals surface area contributed by atoms with Gasteiger partial charge in [0.05, 0.1) is 6.20 Å². The lowest BCUT2D eigenvalue weighted by atomic mass is 9.95. The van der Waals surface area contributed by atoms with Crippen molar-refractivity contribution in [1.29, 1.82) is 0 Å². The highest BCUT2D eigenvalue weighted by Gasteiger charge is 2.39. The zero-order valence-electron chi connectivity index (χ0n) is 14.3. The molecule has 8 heteroatoms. The normalized spacial score (nSPS) is 23.8. The van der Waals surface area contributed by atoms with Crippen LogP contribution in [0.15, 0.2) is 45.0 Å². The number of oxazole rings is 1. The molecule has 2 amide bonds. The van der Waals surface area contributed by atoms with Crippen LogP contribution in [0.3, 0.4) is 0 Å². The molecule has 3 N–H and O–H groups in total. The predicted octanol–water partition coefficient (Wildman–Crippen LogP) is 2.41. The fourth-order valence-corrected chi connectivity index (χ4v) is 4.26. The molecule has 0 aliphatic carbocycles. The lowest BCUT2D eigenvalue weighted by molar-refractivity contribution is -0.114. The van der Waals surface area contributed by atoms with Crippen molar-refractivity contribution in [3.05, 3.63) is 36.0 Å². The Morgan fingerprint density at radius 2 is 2.08 bits per heavy atom. The number of rotatable bonds is 5. The van der Waals surface area contributed by atoms with Crippen LogP contribution >= 0.6 is 11.8 Å². The largest absolute Gasteiger partial charge is 0.415 e. The van der Waals surface area contributed by atoms with Crippen LogP contribution in [-0.2, 0) is 4.79 Å². The van der Waals surface area contributed by atoms with Gasteiger partial charge in [0.25, 0.3) is 11.1 Å². The Hall–Kier alpha value is -2.32. The van der Waals surface area contributed by atoms with E-state index < -0.39 is 0 Å². The summed E-state index contributed by atoms with van der Waals surface area (Å²) in [4.78, 5) is 28.4. The van der Waals surface area contributed by atoms with Gasteiger partial charge in [0, 0.05) is 35.5 Å². The highest BCUT2D eigenvalue weighted by Crippen LogP contribution is 2.30. The zero-order chi connectivity index (χ0) is 18.1. The monoisotopic (exact) mass is 372 g/mol. The number of hydrogen-bond acceptors (Lipinski definition) is 6. The van der Waals surface area contributed by atoms with Gasteiger partial charge in [-0.05, 0) is 55.3 Å². The van der Waals surface area contributed by atoms with E-state index >= 15 is 0 Å². The van der Waals surface area contributed by atoms with Crippen molar-refractivity contribution in [2.45, 2.75) is 54.4 Å². The van der Waals surface area contributed by atoms with Crippen molar-refractivity contribution < 1.29 is 14.0 Å². The maximum atomic E-state index is 12.4. The summed E-state index contributed by atoms with van der Waals surface area (Å²) in [6.07, 6.45) is 4.84. The molecule has 2 fully saturated rings. The molecule has 4 rings (SSSR count). The number of fused-ring (bicyclic) bond motifs is 2. The second-order valence-corrected chi connectivity index (χ2v) is 7.69. The van der Waals surface area contributed by atoms with Crippen LogP contribution in [0.25, 0.3) is 0 Å². The summed E-state index contributed by atoms with van der Waals surface area (Å²) in [6.45, 7) is 1.41. The molecule has 2 aliphatic heterocycles. The maximum absolute atomic E-state index is 12.4. The molecule has 1 aromatic carbocycles. The minimum Gasteiger partial charge on any atom is -0.415 e. The van der Waals surface area contributed by atoms with Gasteiger partial charge < -0.3 is 15.1 Å². The molecule has 2 aliphatic rings. The van der Waals surface area contributed by atoms with Crippen molar-refractivity contribution in [3.63, 3.8) is 0 Å². The average molecular weight is 372 g/mol. The van der Waals surface area contributed by atoms with E-state index in [9.17, 15) is 9.59 Å². The van der Waals surface area contributed by atoms with Crippen molar-refractivity contribution >= 4 is 29.5 Å². The third kappa shape index (κ3) is 3.76. The van der Waals surface area contributed by atoms with Crippen LogP contribution in [-0.4, -0.2) is 34.9 Å². The molecule has 2 saturated heterocycles. The van der Waals surface area contributed by atoms with Crippen molar-refractivity contribution in [3.8, 4) is 0 Å². The van der Waals surface area contributed by atoms with Crippen LogP contribution in [0.2, 0.25) is 0 Å². The number of amides is 2. The molecule has 2 aromatic rings. The molecule has 3 heterocycles. The summed E-state index contributed by atoms with van der Waals surface area (Å²) in [7, 11) is 0. The minimum absolute atomic E-state index is 0.0371. The van der Waals surface area contributed by atoms with E-state index in [0.717, 1.165) is 17.7 Å². The fraction of sp³-hybridized carbons (Fsp3) is 0.389. The van der Waals surface area contributed by atoms with Gasteiger partial charge in [-0.1, -0.05) is 0 Å². The number of carbonyl (C=O) groups excluding carboxylic acids is 2. The van der Waals surface area contributed by atoms with E-state index in [2.05, 4.69) is 20.9 Å². The van der Waals surface area contributed by atoms with Crippen LogP contribution < -0.4 is 16.0 Å². The van der Waals surface area contributed by atoms with Crippen molar-refractivity contribution in [2.75, 3.05) is 5.32 Å². The second-order valence-electron chi connectivity index (χ2n) is 6.66. The van der Waals surface area contributed by atoms with E-state index in [1.807, 2.05) is 12.1 Å². The van der Waals surface area contributed by atoms with E-state index in [4.69, 9.17) is 4.42 Å². The van der Waals surface area contributed by atoms with Gasteiger partial charge in [-0.15, -0.1) is 0 Å². The first-order valence-electron chi connectivity index (χ1n) is 8.65. The van der Waals surface area contributed by atoms with Crippen LogP contribution in [0.4, 0.5) is 5.88 Å². The van der Waals surface area contributed by atoms with Crippen molar-refractivity contribution in [2.24, 2.45) is 0 Å². The number of hydrogen-bond donors (Lipinski definition) is 3. The predicted molar refractivity (Wildman–Crippen MR) is 97.2 cm³/mol. The number of benzene rings is 1. The van der Waals surface area contributed by atoms with Gasteiger partial charge in [-0.25, -0.2) is 4.98 Å². The molecule has 0 spiro atoms. The molecular formula is C18H20N4O3S. The minimum atomic E-state index is -0.209. The van der Waals surface area contributed by atoms with Crippen LogP contribution in [0.5, 0.6) is 0 Å². The molecule has 1 aromatic heterocycles. The smallest absolute Gasteiger partial charge is 0.262 e. The summed E-state index contributed by atoms with van der Waals surface area (Å²) in [5.41, 5.74) is 0.642. The average Bonchev–Trinajstić information content (AvgIpc) is 3.32. The van der Waals surface area contributed by atoms with E-state index in [1.54, 1.807) is 12.1 Å². The van der Waals surface area contributed by atoms with E-state index in [-0.39, 0.29) is 17.9 Å². The summed E-state index contributed by atoms with van der Waals surface area (Å²) in [5, 5.41) is 9.63. The Morgan fingerprint density at radius 1 is 1.27 bits per heavy atom. The molecule has 136 valence electrons. The first-order valence-corrected chi connectivity index (χ1v) is 9.47. The lowest BCUT2D eigenvalue weighted by Crippen LogP contribution is -2.42. The number of anilines is 1. The van der Waals surface area contributed by atoms with Gasteiger partial charge >= 0.3 is 0 Å². The maximum Gasteiger partial charge on any atom is 0.262 e. The third-order valence-electron chi connectivity index (χ3n) is 4.72. The van der Waals surface area contributed by atoms with Crippen LogP contribution in [0, 0.1) is 0 Å². The first-order chi connectivity index (χ1) is 12.6. The summed E-state index contributed by atoms with van der Waals surface area (Å²) in [6, 6.07) is 8.54. The molecule has 0 unspecified atom stereocenters. The van der Waals surface area contributed by atoms with Gasteiger partial charge in [-0.2, -0.15) is 0 Å². The molecule has 0 saturated carbocycles. The zero-order valence-corrected chi connectivity index (χ0v) is 15.1. The Morgan fingerprint density at radius 3 is 2.73 bits per heavy atom. The standard InChI is InChI=1S/C18H20N4O3S/c1-10(23)20-16-9-19-18(25-16)26-13-5-2-11(3-6-13)17(24)22-15-8-12-4-7-14(15)21-12/h2-3,5-6,9,12,14-15,21H,4,7-8H2,1H3,(H,20,23)(H,22,24)/t12-,14+,15-/m1/s1. The van der Waals surface area contributed by atoms with E-state index in [0.29, 0.717) is 28.8 Å². The molecule has 3 atom stereocenters.